The van der Waals surface area contributed by atoms with Gasteiger partial charge >= 0.3 is 0 Å². The second-order valence-corrected chi connectivity index (χ2v) is 7.66. The van der Waals surface area contributed by atoms with Crippen molar-refractivity contribution >= 4 is 59.0 Å². The molecule has 0 radical (unpaired) electrons. The topological polar surface area (TPSA) is 56.5 Å². The molecule has 2 aromatic rings. The van der Waals surface area contributed by atoms with Crippen molar-refractivity contribution < 1.29 is 21.8 Å². The van der Waals surface area contributed by atoms with Crippen molar-refractivity contribution in [2.45, 2.75) is 38.4 Å². The average molecular weight is 445 g/mol. The third-order valence-corrected chi connectivity index (χ3v) is 5.96. The van der Waals surface area contributed by atoms with Crippen LogP contribution in [0.4, 0.5) is 7.77 Å². The van der Waals surface area contributed by atoms with Gasteiger partial charge in [-0.15, -0.1) is 7.77 Å². The summed E-state index contributed by atoms with van der Waals surface area (Å²) < 4.78 is 37.2. The molecule has 5 nitrogen and oxygen atoms in total. The maximum atomic E-state index is 13.4. The van der Waals surface area contributed by atoms with Gasteiger partial charge in [-0.25, -0.2) is 8.96 Å². The van der Waals surface area contributed by atoms with Gasteiger partial charge in [0, 0.05) is 5.92 Å². The summed E-state index contributed by atoms with van der Waals surface area (Å²) in [6.45, 7) is 0.000899. The summed E-state index contributed by atoms with van der Waals surface area (Å²) in [5.74, 6) is 0.352. The molecule has 1 heterocycles. The number of fused-ring (bicyclic) bond motifs is 1. The van der Waals surface area contributed by atoms with E-state index >= 15 is 0 Å². The maximum Gasteiger partial charge on any atom is 0.208 e. The molecule has 2 unspecified atom stereocenters. The quantitative estimate of drug-likeness (QED) is 0.552. The van der Waals surface area contributed by atoms with Gasteiger partial charge in [0.15, 0.2) is 18.1 Å². The lowest BCUT2D eigenvalue weighted by molar-refractivity contribution is 0.0425. The molecule has 0 spiro atoms. The molecular formula is C15H16Cl2F2N2O3S2. The highest BCUT2D eigenvalue weighted by molar-refractivity contribution is 7.93. The lowest BCUT2D eigenvalue weighted by Crippen LogP contribution is -2.29. The number of aliphatic hydroxyl groups is 1. The summed E-state index contributed by atoms with van der Waals surface area (Å²) in [5.41, 5.74) is 0.644. The first-order valence-corrected chi connectivity index (χ1v) is 10.0. The third-order valence-electron chi connectivity index (χ3n) is 4.44. The predicted octanol–water partition coefficient (Wildman–Crippen LogP) is 5.70. The number of hydrogen-bond acceptors (Lipinski definition) is 6. The summed E-state index contributed by atoms with van der Waals surface area (Å²) in [6, 6.07) is 1.47. The fourth-order valence-corrected chi connectivity index (χ4v) is 4.03. The highest BCUT2D eigenvalue weighted by atomic mass is 35.5. The van der Waals surface area contributed by atoms with Gasteiger partial charge in [0.2, 0.25) is 12.4 Å². The Labute approximate surface area is 168 Å². The highest BCUT2D eigenvalue weighted by Gasteiger charge is 2.26. The van der Waals surface area contributed by atoms with Crippen molar-refractivity contribution in [3.63, 3.8) is 0 Å². The molecule has 144 valence electrons. The smallest absolute Gasteiger partial charge is 0.208 e. The zero-order valence-electron chi connectivity index (χ0n) is 13.5. The van der Waals surface area contributed by atoms with Crippen LogP contribution in [-0.2, 0) is 10.8 Å². The molecule has 11 heteroatoms. The van der Waals surface area contributed by atoms with Crippen molar-refractivity contribution in [1.29, 1.82) is 0 Å². The summed E-state index contributed by atoms with van der Waals surface area (Å²) >= 11 is 12.0. The Bertz CT molecular complexity index is 781. The number of benzene rings is 1. The molecule has 1 aliphatic rings. The van der Waals surface area contributed by atoms with Gasteiger partial charge in [-0.3, -0.25) is 4.18 Å². The molecule has 0 amide bonds. The number of ether oxygens (including phenoxy) is 1. The Morgan fingerprint density at radius 1 is 1.31 bits per heavy atom. The molecule has 1 N–H and O–H groups in total. The van der Waals surface area contributed by atoms with Gasteiger partial charge in [0.05, 0.1) is 23.3 Å². The average Bonchev–Trinajstić information content (AvgIpc) is 2.98. The second-order valence-electron chi connectivity index (χ2n) is 6.01. The number of nitrogens with zero attached hydrogens (tertiary/aromatic N) is 2. The van der Waals surface area contributed by atoms with Crippen LogP contribution in [0.15, 0.2) is 6.07 Å². The van der Waals surface area contributed by atoms with Gasteiger partial charge in [0.1, 0.15) is 23.0 Å². The molecule has 1 aromatic carbocycles. The van der Waals surface area contributed by atoms with Crippen LogP contribution in [0.2, 0.25) is 10.0 Å². The molecule has 26 heavy (non-hydrogen) atoms. The number of hydrogen-bond donors (Lipinski definition) is 1. The van der Waals surface area contributed by atoms with Crippen molar-refractivity contribution in [1.82, 2.24) is 8.96 Å². The number of aromatic nitrogens is 2. The van der Waals surface area contributed by atoms with Crippen molar-refractivity contribution in [3.8, 4) is 5.75 Å². The van der Waals surface area contributed by atoms with E-state index in [1.165, 1.54) is 6.07 Å². The first kappa shape index (κ1) is 20.3. The molecule has 1 saturated carbocycles. The summed E-state index contributed by atoms with van der Waals surface area (Å²) in [5, 5.41) is 10.4. The zero-order chi connectivity index (χ0) is 18.7. The number of rotatable bonds is 7. The van der Waals surface area contributed by atoms with Crippen LogP contribution in [0.25, 0.3) is 11.0 Å². The minimum Gasteiger partial charge on any atom is -0.489 e. The first-order valence-electron chi connectivity index (χ1n) is 7.96. The lowest BCUT2D eigenvalue weighted by Gasteiger charge is -2.27. The summed E-state index contributed by atoms with van der Waals surface area (Å²) in [4.78, 5) is 4.27. The van der Waals surface area contributed by atoms with E-state index in [1.807, 2.05) is 0 Å². The molecule has 1 aromatic heterocycles. The van der Waals surface area contributed by atoms with Gasteiger partial charge < -0.3 is 9.84 Å². The van der Waals surface area contributed by atoms with Crippen LogP contribution in [-0.4, -0.2) is 26.8 Å². The fourth-order valence-electron chi connectivity index (χ4n) is 3.10. The second kappa shape index (κ2) is 9.16. The van der Waals surface area contributed by atoms with Crippen molar-refractivity contribution in [2.75, 3.05) is 6.61 Å². The Kier molecular flexibility index (Phi) is 7.15. The van der Waals surface area contributed by atoms with E-state index in [-0.39, 0.29) is 65.5 Å². The number of imidazole rings is 1. The van der Waals surface area contributed by atoms with E-state index < -0.39 is 6.10 Å². The summed E-state index contributed by atoms with van der Waals surface area (Å²) in [6.07, 6.45) is 3.18. The van der Waals surface area contributed by atoms with Crippen LogP contribution >= 0.6 is 48.0 Å². The zero-order valence-corrected chi connectivity index (χ0v) is 16.6. The van der Waals surface area contributed by atoms with E-state index in [4.69, 9.17) is 27.9 Å². The highest BCUT2D eigenvalue weighted by Crippen LogP contribution is 2.41. The van der Waals surface area contributed by atoms with Crippen LogP contribution in [0, 0.1) is 5.92 Å². The van der Waals surface area contributed by atoms with Gasteiger partial charge in [-0.05, 0) is 18.9 Å². The van der Waals surface area contributed by atoms with Gasteiger partial charge in [0.25, 0.3) is 0 Å². The van der Waals surface area contributed by atoms with Crippen LogP contribution in [0.5, 0.6) is 5.75 Å². The Hall–Kier alpha value is -0.450. The Morgan fingerprint density at radius 3 is 2.77 bits per heavy atom. The number of aliphatic hydroxyl groups excluding tert-OH is 1. The van der Waals surface area contributed by atoms with E-state index in [0.29, 0.717) is 11.0 Å². The largest absolute Gasteiger partial charge is 0.489 e. The van der Waals surface area contributed by atoms with Crippen molar-refractivity contribution in [3.05, 3.63) is 21.9 Å². The SMILES string of the molecule is OC1CCCCC1COc1c(Cl)c(Cl)cc2c1nc(COSF)n2SF. The Morgan fingerprint density at radius 2 is 2.08 bits per heavy atom. The van der Waals surface area contributed by atoms with Crippen LogP contribution in [0.3, 0.4) is 0 Å². The molecule has 1 aliphatic carbocycles. The number of halogens is 4. The van der Waals surface area contributed by atoms with Crippen molar-refractivity contribution in [2.24, 2.45) is 5.92 Å². The fraction of sp³-hybridized carbons (Fsp3) is 0.533. The lowest BCUT2D eigenvalue weighted by atomic mass is 9.87. The van der Waals surface area contributed by atoms with E-state index in [9.17, 15) is 12.9 Å². The minimum absolute atomic E-state index is 0.0165. The van der Waals surface area contributed by atoms with E-state index in [2.05, 4.69) is 9.17 Å². The molecular weight excluding hydrogens is 429 g/mol. The monoisotopic (exact) mass is 444 g/mol. The molecule has 0 aliphatic heterocycles. The predicted molar refractivity (Wildman–Crippen MR) is 101 cm³/mol. The molecule has 1 fully saturated rings. The van der Waals surface area contributed by atoms with Crippen LogP contribution in [0.1, 0.15) is 31.5 Å². The molecule has 2 atom stereocenters. The molecule has 3 rings (SSSR count). The first-order chi connectivity index (χ1) is 12.6. The maximum absolute atomic E-state index is 13.4. The third kappa shape index (κ3) is 4.18. The Balaban J connectivity index is 1.94. The summed E-state index contributed by atoms with van der Waals surface area (Å²) in [7, 11) is 0. The van der Waals surface area contributed by atoms with E-state index in [1.54, 1.807) is 0 Å². The van der Waals surface area contributed by atoms with E-state index in [0.717, 1.165) is 29.7 Å². The normalized spacial score (nSPS) is 20.7. The van der Waals surface area contributed by atoms with Gasteiger partial charge in [-0.2, -0.15) is 0 Å². The minimum atomic E-state index is -0.429. The standard InChI is InChI=1S/C15H16Cl2F2N2O3S2/c16-9-5-10-14(20-12(7-24-26-19)21(10)25-18)15(13(9)17)23-6-8-3-1-2-4-11(8)22/h5,8,11,22H,1-4,6-7H2. The van der Waals surface area contributed by atoms with Gasteiger partial charge in [-0.1, -0.05) is 36.0 Å². The van der Waals surface area contributed by atoms with Crippen LogP contribution < -0.4 is 4.74 Å². The molecule has 0 bridgehead atoms. The molecule has 0 saturated heterocycles.